The lowest BCUT2D eigenvalue weighted by Gasteiger charge is -2.17. The molecule has 4 aromatic rings. The molecule has 1 aromatic heterocycles. The van der Waals surface area contributed by atoms with Crippen LogP contribution < -0.4 is 14.8 Å². The second kappa shape index (κ2) is 11.4. The third-order valence-electron chi connectivity index (χ3n) is 6.65. The highest BCUT2D eigenvalue weighted by molar-refractivity contribution is 7.90. The van der Waals surface area contributed by atoms with Crippen molar-refractivity contribution in [1.29, 1.82) is 0 Å². The molecule has 0 saturated heterocycles. The van der Waals surface area contributed by atoms with Crippen LogP contribution in [0.3, 0.4) is 0 Å². The summed E-state index contributed by atoms with van der Waals surface area (Å²) >= 11 is 0. The molecule has 0 amide bonds. The van der Waals surface area contributed by atoms with Gasteiger partial charge in [-0.1, -0.05) is 6.07 Å². The lowest BCUT2D eigenvalue weighted by atomic mass is 10.1. The van der Waals surface area contributed by atoms with Gasteiger partial charge in [-0.25, -0.2) is 25.6 Å². The molecule has 1 saturated carbocycles. The van der Waals surface area contributed by atoms with Crippen LogP contribution in [0.2, 0.25) is 0 Å². The van der Waals surface area contributed by atoms with Gasteiger partial charge < -0.3 is 14.8 Å². The largest absolute Gasteiger partial charge is 0.493 e. The summed E-state index contributed by atoms with van der Waals surface area (Å²) in [7, 11) is -2.38. The van der Waals surface area contributed by atoms with Gasteiger partial charge in [0, 0.05) is 36.5 Å². The van der Waals surface area contributed by atoms with Crippen LogP contribution in [0.1, 0.15) is 37.0 Å². The van der Waals surface area contributed by atoms with Crippen LogP contribution in [0.5, 0.6) is 11.5 Å². The number of halogens is 3. The fourth-order valence-corrected chi connectivity index (χ4v) is 5.82. The van der Waals surface area contributed by atoms with Crippen molar-refractivity contribution in [1.82, 2.24) is 9.29 Å². The highest BCUT2D eigenvalue weighted by Crippen LogP contribution is 2.34. The monoisotopic (exact) mass is 570 g/mol. The maximum Gasteiger partial charge on any atom is 0.268 e. The standard InChI is InChI=1S/C30H29F3N2O4S/c1-19(22-11-23(31)13-24(32)12-22)39-26-8-9-28(29(33)15-26)30-10-21(16-34-2)17-35(30)40(36,37)27-5-3-4-25(14-27)38-18-20-6-7-20/h3-5,8-15,17,19-20,34H,6-7,16,18H2,1-2H3. The van der Waals surface area contributed by atoms with Gasteiger partial charge in [0.15, 0.2) is 0 Å². The molecule has 6 nitrogen and oxygen atoms in total. The third-order valence-corrected chi connectivity index (χ3v) is 8.32. The van der Waals surface area contributed by atoms with Gasteiger partial charge in [0.1, 0.15) is 35.1 Å². The van der Waals surface area contributed by atoms with Crippen molar-refractivity contribution in [2.75, 3.05) is 13.7 Å². The summed E-state index contributed by atoms with van der Waals surface area (Å²) in [6.07, 6.45) is 2.91. The Morgan fingerprint density at radius 1 is 0.975 bits per heavy atom. The van der Waals surface area contributed by atoms with E-state index in [4.69, 9.17) is 9.47 Å². The van der Waals surface area contributed by atoms with Gasteiger partial charge in [0.05, 0.1) is 17.2 Å². The molecule has 40 heavy (non-hydrogen) atoms. The van der Waals surface area contributed by atoms with Gasteiger partial charge in [-0.3, -0.25) is 0 Å². The van der Waals surface area contributed by atoms with Gasteiger partial charge in [0.2, 0.25) is 0 Å². The van der Waals surface area contributed by atoms with Crippen molar-refractivity contribution in [3.63, 3.8) is 0 Å². The van der Waals surface area contributed by atoms with E-state index < -0.39 is 33.6 Å². The maximum atomic E-state index is 15.5. The Balaban J connectivity index is 1.46. The highest BCUT2D eigenvalue weighted by atomic mass is 32.2. The first kappa shape index (κ1) is 27.8. The molecule has 5 rings (SSSR count). The molecule has 0 radical (unpaired) electrons. The molecule has 1 N–H and O–H groups in total. The zero-order valence-corrected chi connectivity index (χ0v) is 22.9. The summed E-state index contributed by atoms with van der Waals surface area (Å²) in [4.78, 5) is 0.0187. The lowest BCUT2D eigenvalue weighted by molar-refractivity contribution is 0.225. The molecule has 1 aliphatic carbocycles. The summed E-state index contributed by atoms with van der Waals surface area (Å²) in [5.74, 6) is -1.12. The molecule has 1 heterocycles. The first-order valence-electron chi connectivity index (χ1n) is 12.9. The molecule has 0 aliphatic heterocycles. The number of hydrogen-bond donors (Lipinski definition) is 1. The molecule has 0 spiro atoms. The van der Waals surface area contributed by atoms with Crippen molar-refractivity contribution < 1.29 is 31.1 Å². The number of hydrogen-bond acceptors (Lipinski definition) is 5. The fraction of sp³-hybridized carbons (Fsp3) is 0.267. The second-order valence-corrected chi connectivity index (χ2v) is 11.7. The number of nitrogens with one attached hydrogen (secondary N) is 1. The molecule has 3 aromatic carbocycles. The van der Waals surface area contributed by atoms with Crippen molar-refractivity contribution in [2.24, 2.45) is 5.92 Å². The van der Waals surface area contributed by atoms with Crippen LogP contribution in [-0.2, 0) is 16.6 Å². The smallest absolute Gasteiger partial charge is 0.268 e. The summed E-state index contributed by atoms with van der Waals surface area (Å²) in [6, 6.07) is 15.0. The van der Waals surface area contributed by atoms with Crippen LogP contribution in [0.15, 0.2) is 77.8 Å². The first-order chi connectivity index (χ1) is 19.1. The molecule has 1 aliphatic rings. The van der Waals surface area contributed by atoms with Crippen molar-refractivity contribution in [3.05, 3.63) is 102 Å². The molecule has 1 atom stereocenters. The molecule has 1 fully saturated rings. The number of aromatic nitrogens is 1. The average molecular weight is 571 g/mol. The third kappa shape index (κ3) is 6.18. The minimum Gasteiger partial charge on any atom is -0.493 e. The topological polar surface area (TPSA) is 69.6 Å². The van der Waals surface area contributed by atoms with Crippen LogP contribution in [0, 0.1) is 23.4 Å². The molecule has 0 bridgehead atoms. The number of benzene rings is 3. The molecular weight excluding hydrogens is 541 g/mol. The molecule has 210 valence electrons. The summed E-state index contributed by atoms with van der Waals surface area (Å²) in [5, 5.41) is 2.98. The fourth-order valence-electron chi connectivity index (χ4n) is 4.39. The molecule has 1 unspecified atom stereocenters. The van der Waals surface area contributed by atoms with Crippen molar-refractivity contribution in [2.45, 2.75) is 37.3 Å². The summed E-state index contributed by atoms with van der Waals surface area (Å²) < 4.78 is 82.8. The minimum absolute atomic E-state index is 0.0187. The molecular formula is C30H29F3N2O4S. The zero-order chi connectivity index (χ0) is 28.4. The molecule has 10 heteroatoms. The maximum absolute atomic E-state index is 15.5. The van der Waals surface area contributed by atoms with Gasteiger partial charge in [0.25, 0.3) is 10.0 Å². The van der Waals surface area contributed by atoms with Crippen LogP contribution in [0.25, 0.3) is 11.3 Å². The van der Waals surface area contributed by atoms with Gasteiger partial charge in [-0.15, -0.1) is 0 Å². The van der Waals surface area contributed by atoms with E-state index in [1.54, 1.807) is 32.2 Å². The Bertz CT molecular complexity index is 1610. The van der Waals surface area contributed by atoms with Crippen molar-refractivity contribution in [3.8, 4) is 22.8 Å². The van der Waals surface area contributed by atoms with E-state index in [0.717, 1.165) is 41.1 Å². The van der Waals surface area contributed by atoms with E-state index in [-0.39, 0.29) is 27.5 Å². The minimum atomic E-state index is -4.11. The predicted molar refractivity (Wildman–Crippen MR) is 145 cm³/mol. The highest BCUT2D eigenvalue weighted by Gasteiger charge is 2.25. The Hall–Kier alpha value is -3.76. The van der Waals surface area contributed by atoms with E-state index in [1.807, 2.05) is 0 Å². The normalized spacial score (nSPS) is 14.2. The van der Waals surface area contributed by atoms with E-state index >= 15 is 4.39 Å². The van der Waals surface area contributed by atoms with Gasteiger partial charge in [-0.05, 0) is 86.3 Å². The number of ether oxygens (including phenoxy) is 2. The predicted octanol–water partition coefficient (Wildman–Crippen LogP) is 6.46. The Morgan fingerprint density at radius 2 is 1.73 bits per heavy atom. The van der Waals surface area contributed by atoms with Crippen LogP contribution in [0.4, 0.5) is 13.2 Å². The number of nitrogens with zero attached hydrogens (tertiary/aromatic N) is 1. The first-order valence-corrected chi connectivity index (χ1v) is 14.3. The SMILES string of the molecule is CNCc1cc(-c2ccc(OC(C)c3cc(F)cc(F)c3)cc2F)n(S(=O)(=O)c2cccc(OCC3CC3)c2)c1. The zero-order valence-electron chi connectivity index (χ0n) is 22.0. The second-order valence-electron chi connectivity index (χ2n) is 9.90. The van der Waals surface area contributed by atoms with Crippen molar-refractivity contribution >= 4 is 10.0 Å². The van der Waals surface area contributed by atoms with E-state index in [0.29, 0.717) is 30.4 Å². The Morgan fingerprint density at radius 3 is 2.40 bits per heavy atom. The summed E-state index contributed by atoms with van der Waals surface area (Å²) in [6.45, 7) is 2.49. The van der Waals surface area contributed by atoms with Gasteiger partial charge in [-0.2, -0.15) is 0 Å². The van der Waals surface area contributed by atoms with Crippen LogP contribution >= 0.6 is 0 Å². The Labute approximate surface area is 231 Å². The van der Waals surface area contributed by atoms with E-state index in [2.05, 4.69) is 5.32 Å². The van der Waals surface area contributed by atoms with E-state index in [9.17, 15) is 17.2 Å². The van der Waals surface area contributed by atoms with Gasteiger partial charge >= 0.3 is 0 Å². The van der Waals surface area contributed by atoms with E-state index in [1.165, 1.54) is 30.5 Å². The quantitative estimate of drug-likeness (QED) is 0.224. The number of rotatable bonds is 11. The summed E-state index contributed by atoms with van der Waals surface area (Å²) in [5.41, 5.74) is 1.08. The lowest BCUT2D eigenvalue weighted by Crippen LogP contribution is -2.14. The average Bonchev–Trinajstić information content (AvgIpc) is 3.65. The van der Waals surface area contributed by atoms with Crippen LogP contribution in [-0.4, -0.2) is 26.0 Å². The Kier molecular flexibility index (Phi) is 7.91.